The van der Waals surface area contributed by atoms with Crippen molar-refractivity contribution >= 4 is 28.9 Å². The van der Waals surface area contributed by atoms with Gasteiger partial charge in [0.15, 0.2) is 17.2 Å². The fourth-order valence-electron chi connectivity index (χ4n) is 3.00. The summed E-state index contributed by atoms with van der Waals surface area (Å²) in [6.45, 7) is 1.38. The molecule has 0 aromatic heterocycles. The first-order valence-electron chi connectivity index (χ1n) is 8.88. The Labute approximate surface area is 170 Å². The summed E-state index contributed by atoms with van der Waals surface area (Å²) < 4.78 is 11.7. The molecule has 3 aromatic rings. The molecular formula is C21H16N3O6+. The zero-order valence-corrected chi connectivity index (χ0v) is 15.7. The lowest BCUT2D eigenvalue weighted by molar-refractivity contribution is -0.729. The molecule has 9 nitrogen and oxygen atoms in total. The molecule has 1 aliphatic heterocycles. The Hall–Kier alpha value is -4.40. The molecule has 0 fully saturated rings. The van der Waals surface area contributed by atoms with Crippen LogP contribution in [0.3, 0.4) is 0 Å². The molecule has 1 aliphatic rings. The first kappa shape index (κ1) is 18.9. The third kappa shape index (κ3) is 3.76. The first-order chi connectivity index (χ1) is 14.4. The van der Waals surface area contributed by atoms with E-state index in [4.69, 9.17) is 9.47 Å². The van der Waals surface area contributed by atoms with Crippen molar-refractivity contribution in [2.75, 3.05) is 10.6 Å². The van der Waals surface area contributed by atoms with E-state index in [0.717, 1.165) is 0 Å². The van der Waals surface area contributed by atoms with Crippen LogP contribution in [-0.4, -0.2) is 21.9 Å². The number of carbonyl (C=O) groups is 2. The van der Waals surface area contributed by atoms with Gasteiger partial charge in [0.05, 0.1) is 22.7 Å². The van der Waals surface area contributed by atoms with E-state index in [9.17, 15) is 19.7 Å². The highest BCUT2D eigenvalue weighted by atomic mass is 16.6. The Morgan fingerprint density at radius 1 is 1.10 bits per heavy atom. The summed E-state index contributed by atoms with van der Waals surface area (Å²) >= 11 is 0. The van der Waals surface area contributed by atoms with Crippen molar-refractivity contribution < 1.29 is 29.2 Å². The van der Waals surface area contributed by atoms with Gasteiger partial charge in [-0.3, -0.25) is 9.59 Å². The largest absolute Gasteiger partial charge is 0.456 e. The summed E-state index contributed by atoms with van der Waals surface area (Å²) in [5.74, 6) is -0.0671. The monoisotopic (exact) mass is 406 g/mol. The van der Waals surface area contributed by atoms with Gasteiger partial charge in [0.2, 0.25) is 5.91 Å². The number of anilines is 2. The highest BCUT2D eigenvalue weighted by Gasteiger charge is 2.30. The van der Waals surface area contributed by atoms with Crippen LogP contribution in [0.4, 0.5) is 17.1 Å². The number of rotatable bonds is 4. The molecule has 0 saturated carbocycles. The lowest BCUT2D eigenvalue weighted by Crippen LogP contribution is -2.12. The summed E-state index contributed by atoms with van der Waals surface area (Å²) in [7, 11) is 0. The number of amides is 2. The van der Waals surface area contributed by atoms with Gasteiger partial charge in [0, 0.05) is 18.7 Å². The number of hydrogen-bond acceptors (Lipinski definition) is 5. The number of benzene rings is 3. The molecule has 3 N–H and O–H groups in total. The number of hydrogen-bond donors (Lipinski definition) is 3. The van der Waals surface area contributed by atoms with E-state index in [1.165, 1.54) is 19.1 Å². The van der Waals surface area contributed by atoms with E-state index < -0.39 is 5.91 Å². The van der Waals surface area contributed by atoms with Gasteiger partial charge in [0.1, 0.15) is 11.3 Å². The molecule has 150 valence electrons. The van der Waals surface area contributed by atoms with Crippen LogP contribution in [-0.2, 0) is 4.79 Å². The Morgan fingerprint density at radius 3 is 2.67 bits per heavy atom. The fraction of sp³-hybridized carbons (Fsp3) is 0.0476. The van der Waals surface area contributed by atoms with Crippen molar-refractivity contribution in [2.24, 2.45) is 0 Å². The van der Waals surface area contributed by atoms with Gasteiger partial charge >= 0.3 is 5.69 Å². The minimum Gasteiger partial charge on any atom is -0.456 e. The lowest BCUT2D eigenvalue weighted by atomic mass is 10.1. The number of para-hydroxylation sites is 2. The lowest BCUT2D eigenvalue weighted by Gasteiger charge is -2.13. The van der Waals surface area contributed by atoms with Crippen molar-refractivity contribution in [3.05, 3.63) is 71.1 Å². The van der Waals surface area contributed by atoms with E-state index in [1.54, 1.807) is 48.5 Å². The molecule has 2 amide bonds. The molecule has 0 aliphatic carbocycles. The van der Waals surface area contributed by atoms with Crippen molar-refractivity contribution in [2.45, 2.75) is 6.92 Å². The maximum absolute atomic E-state index is 12.9. The van der Waals surface area contributed by atoms with Crippen molar-refractivity contribution in [1.29, 1.82) is 0 Å². The van der Waals surface area contributed by atoms with Crippen LogP contribution in [0.5, 0.6) is 23.0 Å². The van der Waals surface area contributed by atoms with Gasteiger partial charge in [-0.25, -0.2) is 5.21 Å². The van der Waals surface area contributed by atoms with Crippen LogP contribution in [0, 0.1) is 4.91 Å². The smallest absolute Gasteiger partial charge is 0.324 e. The van der Waals surface area contributed by atoms with E-state index in [1.807, 2.05) is 0 Å². The predicted octanol–water partition coefficient (Wildman–Crippen LogP) is 4.59. The molecule has 30 heavy (non-hydrogen) atoms. The van der Waals surface area contributed by atoms with Crippen molar-refractivity contribution in [3.8, 4) is 23.0 Å². The zero-order valence-electron chi connectivity index (χ0n) is 15.7. The molecular weight excluding hydrogens is 390 g/mol. The Kier molecular flexibility index (Phi) is 4.77. The molecule has 9 heteroatoms. The number of carbonyl (C=O) groups excluding carboxylic acids is 2. The SMILES string of the molecule is CC(=O)Nc1cccc(Oc2cc([N+](=O)O)cc3c2C(=O)Nc2ccccc2O3)c1. The number of ether oxygens (including phenoxy) is 2. The molecule has 4 rings (SSSR count). The van der Waals surface area contributed by atoms with E-state index in [-0.39, 0.29) is 33.6 Å². The van der Waals surface area contributed by atoms with E-state index in [2.05, 4.69) is 10.6 Å². The van der Waals surface area contributed by atoms with Gasteiger partial charge in [-0.15, -0.1) is 0 Å². The van der Waals surface area contributed by atoms with Gasteiger partial charge in [-0.05, 0) is 24.3 Å². The minimum atomic E-state index is -0.509. The molecule has 1 heterocycles. The molecule has 0 saturated heterocycles. The van der Waals surface area contributed by atoms with Crippen molar-refractivity contribution in [3.63, 3.8) is 0 Å². The normalized spacial score (nSPS) is 11.8. The van der Waals surface area contributed by atoms with Crippen LogP contribution in [0.25, 0.3) is 0 Å². The highest BCUT2D eigenvalue weighted by molar-refractivity contribution is 6.10. The Bertz CT molecular complexity index is 1190. The third-order valence-electron chi connectivity index (χ3n) is 4.24. The molecule has 0 unspecified atom stereocenters. The summed E-state index contributed by atoms with van der Waals surface area (Å²) in [5, 5.41) is 14.8. The van der Waals surface area contributed by atoms with Gasteiger partial charge < -0.3 is 20.1 Å². The molecule has 0 bridgehead atoms. The number of fused-ring (bicyclic) bond motifs is 2. The second-order valence-electron chi connectivity index (χ2n) is 6.45. The maximum atomic E-state index is 12.9. The Balaban J connectivity index is 1.80. The highest BCUT2D eigenvalue weighted by Crippen LogP contribution is 2.43. The molecule has 0 spiro atoms. The maximum Gasteiger partial charge on any atom is 0.324 e. The summed E-state index contributed by atoms with van der Waals surface area (Å²) in [6, 6.07) is 15.7. The van der Waals surface area contributed by atoms with Crippen LogP contribution in [0.1, 0.15) is 17.3 Å². The van der Waals surface area contributed by atoms with Crippen LogP contribution in [0.2, 0.25) is 0 Å². The van der Waals surface area contributed by atoms with Crippen molar-refractivity contribution in [1.82, 2.24) is 0 Å². The average molecular weight is 406 g/mol. The van der Waals surface area contributed by atoms with E-state index in [0.29, 0.717) is 22.9 Å². The summed E-state index contributed by atoms with van der Waals surface area (Å²) in [4.78, 5) is 35.4. The zero-order chi connectivity index (χ0) is 21.3. The van der Waals surface area contributed by atoms with Crippen LogP contribution in [0.15, 0.2) is 60.7 Å². The number of nitrogens with one attached hydrogen (secondary N) is 2. The van der Waals surface area contributed by atoms with Gasteiger partial charge in [-0.2, -0.15) is 0 Å². The third-order valence-corrected chi connectivity index (χ3v) is 4.24. The average Bonchev–Trinajstić information content (AvgIpc) is 2.83. The standard InChI is InChI=1S/C21H15N3O6/c1-12(25)22-13-5-4-6-15(9-13)29-18-10-14(24(27)28)11-19-20(18)21(26)23-16-7-2-3-8-17(16)30-19/h2-11H,1H3,(H2-,22,23,25,26,27,28)/p+1. The Morgan fingerprint density at radius 2 is 1.90 bits per heavy atom. The second kappa shape index (κ2) is 7.55. The van der Waals surface area contributed by atoms with Crippen LogP contribution < -0.4 is 20.1 Å². The summed E-state index contributed by atoms with van der Waals surface area (Å²) in [5.41, 5.74) is 0.792. The molecule has 3 aromatic carbocycles. The van der Waals surface area contributed by atoms with E-state index >= 15 is 0 Å². The minimum absolute atomic E-state index is 0.0114. The first-order valence-corrected chi connectivity index (χ1v) is 8.88. The molecule has 0 radical (unpaired) electrons. The van der Waals surface area contributed by atoms with Gasteiger partial charge in [0.25, 0.3) is 10.8 Å². The quantitative estimate of drug-likeness (QED) is 0.546. The van der Waals surface area contributed by atoms with Crippen LogP contribution >= 0.6 is 0 Å². The van der Waals surface area contributed by atoms with Gasteiger partial charge in [-0.1, -0.05) is 18.2 Å². The summed E-state index contributed by atoms with van der Waals surface area (Å²) in [6.07, 6.45) is 0. The second-order valence-corrected chi connectivity index (χ2v) is 6.45. The topological polar surface area (TPSA) is 117 Å². The predicted molar refractivity (Wildman–Crippen MR) is 107 cm³/mol. The molecule has 0 atom stereocenters. The fourth-order valence-corrected chi connectivity index (χ4v) is 3.00. The number of nitrogens with zero attached hydrogens (tertiary/aromatic N) is 1.